The molecule has 0 unspecified atom stereocenters. The molecule has 0 aliphatic carbocycles. The van der Waals surface area contributed by atoms with Crippen LogP contribution in [0.2, 0.25) is 0 Å². The molecule has 0 saturated carbocycles. The summed E-state index contributed by atoms with van der Waals surface area (Å²) in [7, 11) is 2.06. The highest BCUT2D eigenvalue weighted by atomic mass is 35.5. The Morgan fingerprint density at radius 3 is 2.38 bits per heavy atom. The number of fused-ring (bicyclic) bond motifs is 3. The van der Waals surface area contributed by atoms with E-state index in [2.05, 4.69) is 23.5 Å². The summed E-state index contributed by atoms with van der Waals surface area (Å²) in [5, 5.41) is 12.1. The quantitative estimate of drug-likeness (QED) is 0.688. The Bertz CT molecular complexity index is 614. The molecule has 0 aromatic heterocycles. The average Bonchev–Trinajstić information content (AvgIpc) is 3.02. The zero-order chi connectivity index (χ0) is 18.7. The van der Waals surface area contributed by atoms with Gasteiger partial charge in [0.15, 0.2) is 0 Å². The Hall–Kier alpha value is -1.61. The van der Waals surface area contributed by atoms with Gasteiger partial charge in [-0.3, -0.25) is 0 Å². The van der Waals surface area contributed by atoms with Crippen LogP contribution in [0.4, 0.5) is 5.69 Å². The number of aromatic hydroxyl groups is 1. The molecule has 0 atom stereocenters. The van der Waals surface area contributed by atoms with E-state index in [0.717, 1.165) is 35.2 Å². The predicted molar refractivity (Wildman–Crippen MR) is 108 cm³/mol. The smallest absolute Gasteiger partial charge is 0.127 e. The summed E-state index contributed by atoms with van der Waals surface area (Å²) < 4.78 is 5.71. The van der Waals surface area contributed by atoms with Crippen LogP contribution in [0, 0.1) is 0 Å². The van der Waals surface area contributed by atoms with Gasteiger partial charge in [-0.25, -0.2) is 0 Å². The number of phenols is 1. The van der Waals surface area contributed by atoms with Gasteiger partial charge in [0.2, 0.25) is 0 Å². The van der Waals surface area contributed by atoms with Crippen LogP contribution in [0.3, 0.4) is 0 Å². The lowest BCUT2D eigenvalue weighted by molar-refractivity contribution is 0.344. The van der Waals surface area contributed by atoms with Gasteiger partial charge in [-0.05, 0) is 25.0 Å². The number of benzene rings is 2. The summed E-state index contributed by atoms with van der Waals surface area (Å²) in [4.78, 5) is 2.18. The van der Waals surface area contributed by atoms with Crippen LogP contribution in [-0.4, -0.2) is 31.7 Å². The molecular weight excluding hydrogens is 322 g/mol. The molecule has 0 radical (unpaired) electrons. The van der Waals surface area contributed by atoms with Gasteiger partial charge in [-0.1, -0.05) is 39.8 Å². The highest BCUT2D eigenvalue weighted by Gasteiger charge is 2.22. The molecule has 2 aromatic rings. The molecule has 0 spiro atoms. The number of alkyl halides is 1. The summed E-state index contributed by atoms with van der Waals surface area (Å²) >= 11 is 4.64. The summed E-state index contributed by atoms with van der Waals surface area (Å²) in [6, 6.07) is 7.72. The van der Waals surface area contributed by atoms with E-state index in [-0.39, 0.29) is 0 Å². The molecule has 3 rings (SSSR count). The maximum Gasteiger partial charge on any atom is 0.127 e. The molecule has 136 valence electrons. The van der Waals surface area contributed by atoms with Gasteiger partial charge in [-0.15, -0.1) is 11.6 Å². The lowest BCUT2D eigenvalue weighted by Crippen LogP contribution is -2.12. The molecule has 3 nitrogen and oxygen atoms in total. The van der Waals surface area contributed by atoms with Crippen LogP contribution in [0.25, 0.3) is 10.8 Å². The first-order valence-corrected chi connectivity index (χ1v) is 9.47. The van der Waals surface area contributed by atoms with E-state index in [1.54, 1.807) is 0 Å². The molecule has 0 fully saturated rings. The van der Waals surface area contributed by atoms with Gasteiger partial charge in [-0.2, -0.15) is 0 Å². The zero-order valence-corrected chi connectivity index (χ0v) is 16.9. The number of halogens is 1. The predicted octanol–water partition coefficient (Wildman–Crippen LogP) is 5.84. The minimum atomic E-state index is 0.332. The van der Waals surface area contributed by atoms with Crippen molar-refractivity contribution in [1.29, 1.82) is 0 Å². The Morgan fingerprint density at radius 2 is 1.79 bits per heavy atom. The first-order valence-electron chi connectivity index (χ1n) is 8.71. The standard InChI is InChI=1S/C15H17NO2.2C2H6.CH3Cl/c1-3-18-14-6-4-5-11-13(17)9-12-10(15(11)14)7-8-16(12)2;3*1-2/h4-6,9,17H,3,7-8H2,1-2H3;2*1-2H3;1H3. The van der Waals surface area contributed by atoms with Crippen molar-refractivity contribution in [3.63, 3.8) is 0 Å². The lowest BCUT2D eigenvalue weighted by atomic mass is 10.0. The van der Waals surface area contributed by atoms with Crippen LogP contribution < -0.4 is 9.64 Å². The summed E-state index contributed by atoms with van der Waals surface area (Å²) in [5.74, 6) is 1.21. The molecule has 1 heterocycles. The van der Waals surface area contributed by atoms with E-state index in [9.17, 15) is 5.11 Å². The highest BCUT2D eigenvalue weighted by molar-refractivity contribution is 6.15. The number of phenolic OH excluding ortho intramolecular Hbond substituents is 1. The van der Waals surface area contributed by atoms with E-state index in [1.165, 1.54) is 11.9 Å². The van der Waals surface area contributed by atoms with Crippen LogP contribution in [0.5, 0.6) is 11.5 Å². The molecule has 1 N–H and O–H groups in total. The van der Waals surface area contributed by atoms with Gasteiger partial charge in [0, 0.05) is 42.5 Å². The topological polar surface area (TPSA) is 32.7 Å². The molecule has 4 heteroatoms. The van der Waals surface area contributed by atoms with E-state index in [4.69, 9.17) is 4.74 Å². The maximum absolute atomic E-state index is 10.2. The molecule has 0 saturated heterocycles. The summed E-state index contributed by atoms with van der Waals surface area (Å²) in [5.41, 5.74) is 2.40. The Balaban J connectivity index is 0.000000798. The number of nitrogens with zero attached hydrogens (tertiary/aromatic N) is 1. The number of hydrogen-bond acceptors (Lipinski definition) is 3. The van der Waals surface area contributed by atoms with Crippen LogP contribution in [-0.2, 0) is 6.42 Å². The van der Waals surface area contributed by atoms with Gasteiger partial charge < -0.3 is 14.7 Å². The summed E-state index contributed by atoms with van der Waals surface area (Å²) in [6.07, 6.45) is 2.48. The van der Waals surface area contributed by atoms with Crippen molar-refractivity contribution >= 4 is 28.1 Å². The molecule has 0 bridgehead atoms. The number of ether oxygens (including phenoxy) is 1. The maximum atomic E-state index is 10.2. The van der Waals surface area contributed by atoms with Gasteiger partial charge in [0.25, 0.3) is 0 Å². The SMILES string of the molecule is CC.CC.CCOc1cccc2c(O)cc3c(c12)CCN3C.CCl. The third kappa shape index (κ3) is 4.70. The molecule has 1 aliphatic rings. The molecule has 0 amide bonds. The second-order valence-corrected chi connectivity index (χ2v) is 4.68. The van der Waals surface area contributed by atoms with Crippen LogP contribution >= 0.6 is 11.6 Å². The van der Waals surface area contributed by atoms with Crippen molar-refractivity contribution in [3.05, 3.63) is 29.8 Å². The molecule has 24 heavy (non-hydrogen) atoms. The first-order chi connectivity index (χ1) is 11.7. The van der Waals surface area contributed by atoms with Crippen LogP contribution in [0.15, 0.2) is 24.3 Å². The fourth-order valence-electron chi connectivity index (χ4n) is 2.75. The van der Waals surface area contributed by atoms with Gasteiger partial charge >= 0.3 is 0 Å². The number of hydrogen-bond donors (Lipinski definition) is 1. The number of rotatable bonds is 2. The van der Waals surface area contributed by atoms with E-state index < -0.39 is 0 Å². The zero-order valence-electron chi connectivity index (χ0n) is 16.1. The third-order valence-corrected chi connectivity index (χ3v) is 3.59. The third-order valence-electron chi connectivity index (χ3n) is 3.59. The van der Waals surface area contributed by atoms with Crippen molar-refractivity contribution in [1.82, 2.24) is 0 Å². The first kappa shape index (κ1) is 22.4. The van der Waals surface area contributed by atoms with Crippen molar-refractivity contribution in [2.75, 3.05) is 31.5 Å². The normalized spacial score (nSPS) is 11.2. The fraction of sp³-hybridized carbons (Fsp3) is 0.500. The number of anilines is 1. The average molecular weight is 354 g/mol. The minimum Gasteiger partial charge on any atom is -0.507 e. The summed E-state index contributed by atoms with van der Waals surface area (Å²) in [6.45, 7) is 11.6. The van der Waals surface area contributed by atoms with Crippen molar-refractivity contribution in [2.45, 2.75) is 41.0 Å². The van der Waals surface area contributed by atoms with Crippen molar-refractivity contribution in [2.24, 2.45) is 0 Å². The largest absolute Gasteiger partial charge is 0.507 e. The second kappa shape index (κ2) is 11.9. The van der Waals surface area contributed by atoms with Crippen molar-refractivity contribution < 1.29 is 9.84 Å². The number of likely N-dealkylation sites (N-methyl/N-ethyl adjacent to an activating group) is 1. The lowest BCUT2D eigenvalue weighted by Gasteiger charge is -2.15. The second-order valence-electron chi connectivity index (χ2n) is 4.68. The van der Waals surface area contributed by atoms with E-state index in [1.807, 2.05) is 58.9 Å². The Kier molecular flexibility index (Phi) is 11.1. The monoisotopic (exact) mass is 353 g/mol. The highest BCUT2D eigenvalue weighted by Crippen LogP contribution is 2.42. The molecule has 2 aromatic carbocycles. The Morgan fingerprint density at radius 1 is 1.17 bits per heavy atom. The van der Waals surface area contributed by atoms with Gasteiger partial charge in [0.1, 0.15) is 11.5 Å². The molecular formula is C20H32ClNO2. The fourth-order valence-corrected chi connectivity index (χ4v) is 2.75. The molecule has 1 aliphatic heterocycles. The van der Waals surface area contributed by atoms with Crippen molar-refractivity contribution in [3.8, 4) is 11.5 Å². The van der Waals surface area contributed by atoms with E-state index in [0.29, 0.717) is 12.4 Å². The van der Waals surface area contributed by atoms with Crippen LogP contribution in [0.1, 0.15) is 40.2 Å². The Labute approximate surface area is 152 Å². The minimum absolute atomic E-state index is 0.332. The van der Waals surface area contributed by atoms with E-state index >= 15 is 0 Å². The van der Waals surface area contributed by atoms with Gasteiger partial charge in [0.05, 0.1) is 6.61 Å².